The summed E-state index contributed by atoms with van der Waals surface area (Å²) in [7, 11) is 0. The summed E-state index contributed by atoms with van der Waals surface area (Å²) in [6.07, 6.45) is 2.84. The van der Waals surface area contributed by atoms with E-state index in [2.05, 4.69) is 24.1 Å². The molecule has 2 aliphatic rings. The van der Waals surface area contributed by atoms with Gasteiger partial charge in [0.05, 0.1) is 19.3 Å². The lowest BCUT2D eigenvalue weighted by atomic mass is 10.1. The molecule has 0 bridgehead atoms. The highest BCUT2D eigenvalue weighted by Crippen LogP contribution is 2.15. The average molecular weight is 242 g/mol. The first kappa shape index (κ1) is 13.3. The minimum Gasteiger partial charge on any atom is -0.379 e. The van der Waals surface area contributed by atoms with E-state index in [4.69, 9.17) is 9.47 Å². The molecule has 3 atom stereocenters. The smallest absolute Gasteiger partial charge is 0.0726 e. The lowest BCUT2D eigenvalue weighted by molar-refractivity contribution is 0.0310. The zero-order valence-corrected chi connectivity index (χ0v) is 11.2. The molecular formula is C13H26N2O2. The summed E-state index contributed by atoms with van der Waals surface area (Å²) in [5.74, 6) is 0. The number of morpholine rings is 1. The van der Waals surface area contributed by atoms with Crippen LogP contribution in [0.25, 0.3) is 0 Å². The van der Waals surface area contributed by atoms with Gasteiger partial charge in [0.25, 0.3) is 0 Å². The van der Waals surface area contributed by atoms with Gasteiger partial charge in [-0.15, -0.1) is 0 Å². The number of ether oxygens (including phenoxy) is 2. The second kappa shape index (κ2) is 6.69. The van der Waals surface area contributed by atoms with Crippen LogP contribution in [0.15, 0.2) is 0 Å². The van der Waals surface area contributed by atoms with Gasteiger partial charge in [-0.25, -0.2) is 0 Å². The maximum Gasteiger partial charge on any atom is 0.0726 e. The van der Waals surface area contributed by atoms with Crippen molar-refractivity contribution in [1.29, 1.82) is 0 Å². The van der Waals surface area contributed by atoms with Gasteiger partial charge in [0.1, 0.15) is 0 Å². The summed E-state index contributed by atoms with van der Waals surface area (Å²) in [5, 5.41) is 3.66. The van der Waals surface area contributed by atoms with Crippen molar-refractivity contribution in [2.75, 3.05) is 39.5 Å². The summed E-state index contributed by atoms with van der Waals surface area (Å²) in [6, 6.07) is 0.987. The van der Waals surface area contributed by atoms with Gasteiger partial charge in [0.2, 0.25) is 0 Å². The Morgan fingerprint density at radius 3 is 2.65 bits per heavy atom. The van der Waals surface area contributed by atoms with Crippen LogP contribution in [-0.4, -0.2) is 62.5 Å². The molecule has 0 aromatic rings. The van der Waals surface area contributed by atoms with Crippen molar-refractivity contribution in [1.82, 2.24) is 10.2 Å². The van der Waals surface area contributed by atoms with E-state index in [1.54, 1.807) is 0 Å². The van der Waals surface area contributed by atoms with Crippen LogP contribution in [-0.2, 0) is 9.47 Å². The first-order chi connectivity index (χ1) is 8.25. The third-order valence-corrected chi connectivity index (χ3v) is 3.71. The van der Waals surface area contributed by atoms with Gasteiger partial charge in [0.15, 0.2) is 0 Å². The molecule has 0 spiro atoms. The van der Waals surface area contributed by atoms with E-state index in [9.17, 15) is 0 Å². The van der Waals surface area contributed by atoms with Gasteiger partial charge in [-0.1, -0.05) is 0 Å². The van der Waals surface area contributed by atoms with Gasteiger partial charge in [-0.3, -0.25) is 4.90 Å². The fraction of sp³-hybridized carbons (Fsp3) is 1.00. The number of nitrogens with zero attached hydrogens (tertiary/aromatic N) is 1. The average Bonchev–Trinajstić information content (AvgIpc) is 2.83. The number of nitrogens with one attached hydrogen (secondary N) is 1. The first-order valence-corrected chi connectivity index (χ1v) is 6.93. The highest BCUT2D eigenvalue weighted by molar-refractivity contribution is 4.80. The highest BCUT2D eigenvalue weighted by Gasteiger charge is 2.24. The Labute approximate surface area is 105 Å². The molecule has 100 valence electrons. The number of hydrogen-bond acceptors (Lipinski definition) is 4. The minimum absolute atomic E-state index is 0.419. The van der Waals surface area contributed by atoms with Gasteiger partial charge >= 0.3 is 0 Å². The van der Waals surface area contributed by atoms with Crippen molar-refractivity contribution in [3.05, 3.63) is 0 Å². The topological polar surface area (TPSA) is 33.7 Å². The predicted octanol–water partition coefficient (Wildman–Crippen LogP) is 0.864. The van der Waals surface area contributed by atoms with Crippen LogP contribution in [0, 0.1) is 0 Å². The van der Waals surface area contributed by atoms with Gasteiger partial charge in [-0.05, 0) is 26.7 Å². The molecule has 2 saturated heterocycles. The molecule has 1 N–H and O–H groups in total. The quantitative estimate of drug-likeness (QED) is 0.775. The van der Waals surface area contributed by atoms with Crippen LogP contribution < -0.4 is 5.32 Å². The van der Waals surface area contributed by atoms with Crippen molar-refractivity contribution in [3.8, 4) is 0 Å². The Morgan fingerprint density at radius 2 is 2.00 bits per heavy atom. The molecule has 17 heavy (non-hydrogen) atoms. The molecule has 0 aromatic heterocycles. The number of hydrogen-bond donors (Lipinski definition) is 1. The Hall–Kier alpha value is -0.160. The molecule has 0 saturated carbocycles. The zero-order valence-electron chi connectivity index (χ0n) is 11.2. The van der Waals surface area contributed by atoms with Crippen LogP contribution >= 0.6 is 0 Å². The van der Waals surface area contributed by atoms with E-state index in [1.807, 2.05) is 0 Å². The monoisotopic (exact) mass is 242 g/mol. The van der Waals surface area contributed by atoms with Gasteiger partial charge < -0.3 is 14.8 Å². The molecule has 0 amide bonds. The summed E-state index contributed by atoms with van der Waals surface area (Å²) in [6.45, 7) is 10.5. The largest absolute Gasteiger partial charge is 0.379 e. The highest BCUT2D eigenvalue weighted by atomic mass is 16.5. The van der Waals surface area contributed by atoms with Crippen molar-refractivity contribution in [3.63, 3.8) is 0 Å². The van der Waals surface area contributed by atoms with E-state index >= 15 is 0 Å². The summed E-state index contributed by atoms with van der Waals surface area (Å²) in [4.78, 5) is 2.48. The second-order valence-electron chi connectivity index (χ2n) is 5.32. The van der Waals surface area contributed by atoms with E-state index in [-0.39, 0.29) is 0 Å². The maximum atomic E-state index is 5.71. The Morgan fingerprint density at radius 1 is 1.24 bits per heavy atom. The fourth-order valence-electron chi connectivity index (χ4n) is 2.78. The van der Waals surface area contributed by atoms with Crippen molar-refractivity contribution < 1.29 is 9.47 Å². The Balaban J connectivity index is 1.66. The number of rotatable bonds is 5. The fourth-order valence-corrected chi connectivity index (χ4v) is 2.78. The van der Waals surface area contributed by atoms with Crippen molar-refractivity contribution in [2.45, 2.75) is 44.9 Å². The molecule has 4 heteroatoms. The second-order valence-corrected chi connectivity index (χ2v) is 5.32. The first-order valence-electron chi connectivity index (χ1n) is 6.93. The molecule has 2 fully saturated rings. The SMILES string of the molecule is C[C@H](CN1CCOCC1)N[C@@H](C)[C@H]1CCCO1. The van der Waals surface area contributed by atoms with Crippen molar-refractivity contribution in [2.24, 2.45) is 0 Å². The molecule has 0 aliphatic carbocycles. The normalized spacial score (nSPS) is 30.4. The molecule has 2 rings (SSSR count). The van der Waals surface area contributed by atoms with Gasteiger partial charge in [0, 0.05) is 38.3 Å². The van der Waals surface area contributed by atoms with Crippen LogP contribution in [0.4, 0.5) is 0 Å². The summed E-state index contributed by atoms with van der Waals surface area (Å²) >= 11 is 0. The third-order valence-electron chi connectivity index (χ3n) is 3.71. The summed E-state index contributed by atoms with van der Waals surface area (Å²) in [5.41, 5.74) is 0. The zero-order chi connectivity index (χ0) is 12.1. The standard InChI is InChI=1S/C13H26N2O2/c1-11(10-15-5-8-16-9-6-15)14-12(2)13-4-3-7-17-13/h11-14H,3-10H2,1-2H3/t11-,12+,13-/m1/s1. The maximum absolute atomic E-state index is 5.71. The van der Waals surface area contributed by atoms with Crippen LogP contribution in [0.5, 0.6) is 0 Å². The van der Waals surface area contributed by atoms with Crippen molar-refractivity contribution >= 4 is 0 Å². The molecule has 0 aromatic carbocycles. The van der Waals surface area contributed by atoms with Crippen LogP contribution in [0.3, 0.4) is 0 Å². The lowest BCUT2D eigenvalue weighted by Gasteiger charge is -2.31. The van der Waals surface area contributed by atoms with E-state index in [0.717, 1.165) is 39.5 Å². The van der Waals surface area contributed by atoms with Gasteiger partial charge in [-0.2, -0.15) is 0 Å². The van der Waals surface area contributed by atoms with Crippen LogP contribution in [0.2, 0.25) is 0 Å². The Kier molecular flexibility index (Phi) is 5.22. The summed E-state index contributed by atoms with van der Waals surface area (Å²) < 4.78 is 11.1. The van der Waals surface area contributed by atoms with E-state index < -0.39 is 0 Å². The minimum atomic E-state index is 0.419. The molecule has 2 aliphatic heterocycles. The molecule has 2 heterocycles. The van der Waals surface area contributed by atoms with E-state index in [0.29, 0.717) is 18.2 Å². The Bertz CT molecular complexity index is 213. The third kappa shape index (κ3) is 4.21. The predicted molar refractivity (Wildman–Crippen MR) is 68.3 cm³/mol. The van der Waals surface area contributed by atoms with E-state index in [1.165, 1.54) is 12.8 Å². The lowest BCUT2D eigenvalue weighted by Crippen LogP contribution is -2.49. The molecule has 0 unspecified atom stereocenters. The molecular weight excluding hydrogens is 216 g/mol. The molecule has 0 radical (unpaired) electrons. The molecule has 4 nitrogen and oxygen atoms in total. The van der Waals surface area contributed by atoms with Crippen LogP contribution in [0.1, 0.15) is 26.7 Å².